The van der Waals surface area contributed by atoms with Gasteiger partial charge in [0.25, 0.3) is 0 Å². The Kier molecular flexibility index (Phi) is 5.88. The summed E-state index contributed by atoms with van der Waals surface area (Å²) in [5, 5.41) is 0. The lowest BCUT2D eigenvalue weighted by atomic mass is 9.95. The highest BCUT2D eigenvalue weighted by molar-refractivity contribution is 6.76. The van der Waals surface area contributed by atoms with Crippen molar-refractivity contribution in [3.05, 3.63) is 59.7 Å². The molecule has 0 aliphatic carbocycles. The highest BCUT2D eigenvalue weighted by Gasteiger charge is 2.23. The Morgan fingerprint density at radius 3 is 1.23 bits per heavy atom. The third-order valence-corrected chi connectivity index (χ3v) is 5.56. The molecule has 2 amide bonds. The van der Waals surface area contributed by atoms with E-state index in [4.69, 9.17) is 0 Å². The Morgan fingerprint density at radius 2 is 0.923 bits per heavy atom. The third-order valence-electron chi connectivity index (χ3n) is 3.61. The molecule has 26 heavy (non-hydrogen) atoms. The van der Waals surface area contributed by atoms with Gasteiger partial charge in [-0.3, -0.25) is 9.59 Å². The smallest absolute Gasteiger partial charge is 0.244 e. The fourth-order valence-electron chi connectivity index (χ4n) is 2.65. The summed E-state index contributed by atoms with van der Waals surface area (Å²) in [4.78, 5) is 31.9. The van der Waals surface area contributed by atoms with Crippen molar-refractivity contribution < 1.29 is 9.59 Å². The molecule has 4 nitrogen and oxygen atoms in total. The van der Waals surface area contributed by atoms with Gasteiger partial charge in [-0.05, 0) is 23.3 Å². The Hall–Kier alpha value is -2.19. The number of hydrogen-bond donors (Lipinski definition) is 2. The molecule has 0 heterocycles. The van der Waals surface area contributed by atoms with E-state index < -0.39 is 16.5 Å². The van der Waals surface area contributed by atoms with E-state index in [0.29, 0.717) is 11.1 Å². The van der Waals surface area contributed by atoms with Gasteiger partial charge < -0.3 is 9.96 Å². The second-order valence-electron chi connectivity index (χ2n) is 8.50. The summed E-state index contributed by atoms with van der Waals surface area (Å²) in [6.07, 6.45) is 0. The first-order valence-corrected chi connectivity index (χ1v) is 15.8. The first-order chi connectivity index (χ1) is 12.0. The number of hydrogen-bond acceptors (Lipinski definition) is 2. The van der Waals surface area contributed by atoms with E-state index in [1.54, 1.807) is 0 Å². The van der Waals surface area contributed by atoms with Gasteiger partial charge in [-0.25, -0.2) is 0 Å². The number of benzene rings is 2. The standard InChI is InChI=1S/C20H28N2O2Si2/c1-25(2,3)21-19(23)17-13-9-7-11-15(17)16-12-8-10-14-18(16)20(24)22-26(4,5)6/h7-14H,1-6H3,(H,21,23)(H,22,24). The van der Waals surface area contributed by atoms with E-state index in [9.17, 15) is 9.59 Å². The number of carbonyl (C=O) groups is 2. The van der Waals surface area contributed by atoms with Gasteiger partial charge >= 0.3 is 0 Å². The molecular weight excluding hydrogens is 356 g/mol. The lowest BCUT2D eigenvalue weighted by Crippen LogP contribution is -2.45. The summed E-state index contributed by atoms with van der Waals surface area (Å²) < 4.78 is 0. The quantitative estimate of drug-likeness (QED) is 0.747. The van der Waals surface area contributed by atoms with Crippen LogP contribution in [0.4, 0.5) is 0 Å². The topological polar surface area (TPSA) is 58.2 Å². The maximum Gasteiger partial charge on any atom is 0.244 e. The van der Waals surface area contributed by atoms with Gasteiger partial charge in [-0.2, -0.15) is 0 Å². The number of amides is 2. The van der Waals surface area contributed by atoms with Crippen LogP contribution >= 0.6 is 0 Å². The number of nitrogens with one attached hydrogen (secondary N) is 2. The number of rotatable bonds is 5. The largest absolute Gasteiger partial charge is 0.378 e. The number of carbonyl (C=O) groups excluding carboxylic acids is 2. The zero-order valence-corrected chi connectivity index (χ0v) is 18.4. The molecule has 0 radical (unpaired) electrons. The fourth-order valence-corrected chi connectivity index (χ4v) is 4.28. The van der Waals surface area contributed by atoms with Gasteiger partial charge in [0.2, 0.25) is 11.8 Å². The molecule has 0 aliphatic rings. The van der Waals surface area contributed by atoms with Crippen molar-refractivity contribution in [2.24, 2.45) is 0 Å². The first-order valence-electron chi connectivity index (χ1n) is 8.81. The molecule has 0 saturated heterocycles. The minimum absolute atomic E-state index is 0.0832. The van der Waals surface area contributed by atoms with E-state index in [0.717, 1.165) is 11.1 Å². The predicted octanol–water partition coefficient (Wildman–Crippen LogP) is 4.48. The molecule has 6 heteroatoms. The van der Waals surface area contributed by atoms with Crippen LogP contribution in [0.5, 0.6) is 0 Å². The lowest BCUT2D eigenvalue weighted by molar-refractivity contribution is 0.0968. The molecule has 0 atom stereocenters. The van der Waals surface area contributed by atoms with Crippen molar-refractivity contribution >= 4 is 28.3 Å². The van der Waals surface area contributed by atoms with Crippen LogP contribution in [0, 0.1) is 0 Å². The molecule has 0 aromatic heterocycles. The summed E-state index contributed by atoms with van der Waals surface area (Å²) in [5.41, 5.74) is 2.76. The van der Waals surface area contributed by atoms with Crippen molar-refractivity contribution in [3.63, 3.8) is 0 Å². The molecule has 0 spiro atoms. The molecule has 2 rings (SSSR count). The lowest BCUT2D eigenvalue weighted by Gasteiger charge is -2.21. The van der Waals surface area contributed by atoms with Crippen molar-refractivity contribution in [1.82, 2.24) is 9.96 Å². The second kappa shape index (κ2) is 7.59. The van der Waals surface area contributed by atoms with E-state index in [2.05, 4.69) is 49.2 Å². The summed E-state index contributed by atoms with van der Waals surface area (Å²) in [6.45, 7) is 12.5. The minimum atomic E-state index is -1.77. The minimum Gasteiger partial charge on any atom is -0.378 e. The molecule has 138 valence electrons. The van der Waals surface area contributed by atoms with Gasteiger partial charge in [-0.15, -0.1) is 0 Å². The average Bonchev–Trinajstić information content (AvgIpc) is 2.51. The summed E-state index contributed by atoms with van der Waals surface area (Å²) in [7, 11) is -3.53. The zero-order chi connectivity index (χ0) is 19.5. The van der Waals surface area contributed by atoms with Gasteiger partial charge in [0, 0.05) is 11.1 Å². The predicted molar refractivity (Wildman–Crippen MR) is 114 cm³/mol. The van der Waals surface area contributed by atoms with Crippen molar-refractivity contribution in [2.75, 3.05) is 0 Å². The van der Waals surface area contributed by atoms with Crippen molar-refractivity contribution in [3.8, 4) is 11.1 Å². The van der Waals surface area contributed by atoms with Crippen LogP contribution in [-0.2, 0) is 0 Å². The Morgan fingerprint density at radius 1 is 0.615 bits per heavy atom. The van der Waals surface area contributed by atoms with Crippen molar-refractivity contribution in [1.29, 1.82) is 0 Å². The van der Waals surface area contributed by atoms with E-state index >= 15 is 0 Å². The Bertz CT molecular complexity index is 752. The van der Waals surface area contributed by atoms with E-state index in [1.807, 2.05) is 48.5 Å². The molecule has 0 unspecified atom stereocenters. The normalized spacial score (nSPS) is 11.8. The monoisotopic (exact) mass is 384 g/mol. The Labute approximate surface area is 158 Å². The Balaban J connectivity index is 2.51. The van der Waals surface area contributed by atoms with Crippen LogP contribution in [0.3, 0.4) is 0 Å². The highest BCUT2D eigenvalue weighted by Crippen LogP contribution is 2.27. The molecular formula is C20H28N2O2Si2. The van der Waals surface area contributed by atoms with Gasteiger partial charge in [0.15, 0.2) is 0 Å². The van der Waals surface area contributed by atoms with Crippen LogP contribution < -0.4 is 9.96 Å². The maximum atomic E-state index is 12.8. The molecule has 2 aromatic rings. The van der Waals surface area contributed by atoms with Crippen LogP contribution in [0.2, 0.25) is 39.3 Å². The average molecular weight is 385 g/mol. The van der Waals surface area contributed by atoms with Crippen LogP contribution in [0.1, 0.15) is 20.7 Å². The maximum absolute atomic E-state index is 12.8. The molecule has 0 aliphatic heterocycles. The van der Waals surface area contributed by atoms with E-state index in [-0.39, 0.29) is 11.8 Å². The molecule has 2 N–H and O–H groups in total. The fraction of sp³-hybridized carbons (Fsp3) is 0.300. The van der Waals surface area contributed by atoms with Crippen LogP contribution in [0.25, 0.3) is 11.1 Å². The van der Waals surface area contributed by atoms with Gasteiger partial charge in [-0.1, -0.05) is 75.7 Å². The third kappa shape index (κ3) is 5.40. The van der Waals surface area contributed by atoms with Crippen LogP contribution in [-0.4, -0.2) is 28.3 Å². The zero-order valence-electron chi connectivity index (χ0n) is 16.4. The molecule has 0 saturated carbocycles. The van der Waals surface area contributed by atoms with E-state index in [1.165, 1.54) is 0 Å². The second-order valence-corrected chi connectivity index (χ2v) is 18.0. The highest BCUT2D eigenvalue weighted by atomic mass is 28.3. The summed E-state index contributed by atoms with van der Waals surface area (Å²) in [5.74, 6) is -0.166. The molecule has 0 fully saturated rings. The first kappa shape index (κ1) is 20.1. The molecule has 2 aromatic carbocycles. The van der Waals surface area contributed by atoms with Gasteiger partial charge in [0.1, 0.15) is 16.5 Å². The summed E-state index contributed by atoms with van der Waals surface area (Å²) >= 11 is 0. The SMILES string of the molecule is C[Si](C)(C)NC(=O)c1ccccc1-c1ccccc1C(=O)N[Si](C)(C)C. The van der Waals surface area contributed by atoms with Crippen LogP contribution in [0.15, 0.2) is 48.5 Å². The van der Waals surface area contributed by atoms with Crippen molar-refractivity contribution in [2.45, 2.75) is 39.3 Å². The molecule has 0 bridgehead atoms. The summed E-state index contributed by atoms with van der Waals surface area (Å²) in [6, 6.07) is 14.9. The van der Waals surface area contributed by atoms with Gasteiger partial charge in [0.05, 0.1) is 0 Å².